The van der Waals surface area contributed by atoms with Crippen molar-refractivity contribution in [1.82, 2.24) is 24.4 Å². The summed E-state index contributed by atoms with van der Waals surface area (Å²) in [6.45, 7) is 5.51. The highest BCUT2D eigenvalue weighted by Crippen LogP contribution is 2.40. The quantitative estimate of drug-likeness (QED) is 0.295. The van der Waals surface area contributed by atoms with Crippen LogP contribution in [-0.2, 0) is 10.2 Å². The number of rotatable bonds is 8. The molecule has 0 unspecified atom stereocenters. The Morgan fingerprint density at radius 2 is 1.68 bits per heavy atom. The second kappa shape index (κ2) is 12.3. The van der Waals surface area contributed by atoms with E-state index >= 15 is 0 Å². The normalized spacial score (nSPS) is 17.5. The number of carboxylic acids is 1. The second-order valence-corrected chi connectivity index (χ2v) is 12.5. The number of piperidine rings is 2. The van der Waals surface area contributed by atoms with E-state index in [1.165, 1.54) is 5.56 Å². The molecule has 4 heterocycles. The number of hydrogen-bond acceptors (Lipinski definition) is 7. The number of fused-ring (bicyclic) bond motifs is 1. The zero-order valence-electron chi connectivity index (χ0n) is 25.7. The van der Waals surface area contributed by atoms with Crippen LogP contribution in [0.15, 0.2) is 66.9 Å². The topological polar surface area (TPSA) is 106 Å². The van der Waals surface area contributed by atoms with Gasteiger partial charge >= 0.3 is 5.97 Å². The van der Waals surface area contributed by atoms with Crippen LogP contribution < -0.4 is 10.2 Å². The molecular formula is C34H41N7O3. The molecule has 2 saturated heterocycles. The summed E-state index contributed by atoms with van der Waals surface area (Å²) in [6, 6.07) is 20.1. The molecule has 0 saturated carbocycles. The standard InChI is InChI=1S/C34H41N7O3/c1-24-6-10-26(11-7-24)34(23-30(42)43)16-21-40(22-17-34)29-5-4-18-41-31(29)36-33(37-41)35-27-12-8-25(9-13-27)32(44)39(3)28-14-19-38(2)20-15-28/h4-13,18,28H,14-17,19-23H2,1-3H3,(H,35,37)(H,42,43). The van der Waals surface area contributed by atoms with Crippen LogP contribution in [-0.4, -0.2) is 87.7 Å². The molecule has 230 valence electrons. The number of carbonyl (C=O) groups is 2. The van der Waals surface area contributed by atoms with Crippen molar-refractivity contribution in [1.29, 1.82) is 0 Å². The highest BCUT2D eigenvalue weighted by molar-refractivity contribution is 5.94. The second-order valence-electron chi connectivity index (χ2n) is 12.5. The summed E-state index contributed by atoms with van der Waals surface area (Å²) < 4.78 is 1.77. The molecule has 44 heavy (non-hydrogen) atoms. The van der Waals surface area contributed by atoms with E-state index < -0.39 is 11.4 Å². The number of anilines is 3. The summed E-state index contributed by atoms with van der Waals surface area (Å²) in [6.07, 6.45) is 5.45. The number of pyridine rings is 1. The third-order valence-electron chi connectivity index (χ3n) is 9.50. The van der Waals surface area contributed by atoms with Crippen molar-refractivity contribution in [3.8, 4) is 0 Å². The van der Waals surface area contributed by atoms with Gasteiger partial charge in [-0.3, -0.25) is 9.59 Å². The maximum Gasteiger partial charge on any atom is 0.304 e. The molecule has 2 aromatic carbocycles. The van der Waals surface area contributed by atoms with Crippen molar-refractivity contribution in [2.75, 3.05) is 50.5 Å². The average Bonchev–Trinajstić information content (AvgIpc) is 3.44. The fraction of sp³-hybridized carbons (Fsp3) is 0.412. The molecule has 2 aliphatic rings. The summed E-state index contributed by atoms with van der Waals surface area (Å²) in [5.74, 6) is -0.259. The maximum atomic E-state index is 13.1. The van der Waals surface area contributed by atoms with Crippen LogP contribution in [0.2, 0.25) is 0 Å². The van der Waals surface area contributed by atoms with Gasteiger partial charge in [0.2, 0.25) is 5.95 Å². The van der Waals surface area contributed by atoms with Gasteiger partial charge in [0.05, 0.1) is 12.1 Å². The molecule has 0 radical (unpaired) electrons. The molecule has 0 bridgehead atoms. The predicted molar refractivity (Wildman–Crippen MR) is 172 cm³/mol. The Kier molecular flexibility index (Phi) is 8.27. The first-order valence-electron chi connectivity index (χ1n) is 15.4. The Morgan fingerprint density at radius 1 is 1.00 bits per heavy atom. The summed E-state index contributed by atoms with van der Waals surface area (Å²) in [5.41, 5.74) is 5.05. The van der Waals surface area contributed by atoms with Crippen LogP contribution in [0.3, 0.4) is 0 Å². The summed E-state index contributed by atoms with van der Waals surface area (Å²) >= 11 is 0. The first-order chi connectivity index (χ1) is 21.2. The Labute approximate surface area is 258 Å². The minimum atomic E-state index is -0.768. The third kappa shape index (κ3) is 6.12. The number of likely N-dealkylation sites (tertiary alicyclic amines) is 1. The van der Waals surface area contributed by atoms with Gasteiger partial charge in [0, 0.05) is 49.0 Å². The van der Waals surface area contributed by atoms with E-state index in [1.54, 1.807) is 4.52 Å². The Bertz CT molecular complexity index is 1620. The van der Waals surface area contributed by atoms with Gasteiger partial charge in [0.25, 0.3) is 5.91 Å². The van der Waals surface area contributed by atoms with Gasteiger partial charge in [-0.25, -0.2) is 4.52 Å². The molecule has 2 aliphatic heterocycles. The van der Waals surface area contributed by atoms with Crippen molar-refractivity contribution < 1.29 is 14.7 Å². The Hall–Kier alpha value is -4.44. The zero-order chi connectivity index (χ0) is 30.8. The molecule has 4 aromatic rings. The van der Waals surface area contributed by atoms with Crippen LogP contribution >= 0.6 is 0 Å². The third-order valence-corrected chi connectivity index (χ3v) is 9.50. The van der Waals surface area contributed by atoms with Crippen molar-refractivity contribution in [3.63, 3.8) is 0 Å². The average molecular weight is 596 g/mol. The van der Waals surface area contributed by atoms with Gasteiger partial charge in [-0.05, 0) is 94.7 Å². The summed E-state index contributed by atoms with van der Waals surface area (Å²) in [4.78, 5) is 36.3. The molecule has 0 aliphatic carbocycles. The van der Waals surface area contributed by atoms with Crippen molar-refractivity contribution in [2.45, 2.75) is 50.5 Å². The van der Waals surface area contributed by atoms with Crippen LogP contribution in [0, 0.1) is 6.92 Å². The van der Waals surface area contributed by atoms with Gasteiger partial charge in [-0.2, -0.15) is 4.98 Å². The smallest absolute Gasteiger partial charge is 0.304 e. The molecular weight excluding hydrogens is 554 g/mol. The minimum absolute atomic E-state index is 0.0397. The minimum Gasteiger partial charge on any atom is -0.481 e. The van der Waals surface area contributed by atoms with Gasteiger partial charge in [0.15, 0.2) is 5.65 Å². The number of nitrogens with one attached hydrogen (secondary N) is 1. The van der Waals surface area contributed by atoms with Crippen LogP contribution in [0.5, 0.6) is 0 Å². The highest BCUT2D eigenvalue weighted by atomic mass is 16.4. The van der Waals surface area contributed by atoms with Crippen molar-refractivity contribution >= 4 is 34.8 Å². The van der Waals surface area contributed by atoms with Crippen LogP contribution in [0.4, 0.5) is 17.3 Å². The van der Waals surface area contributed by atoms with Crippen LogP contribution in [0.25, 0.3) is 5.65 Å². The Morgan fingerprint density at radius 3 is 2.34 bits per heavy atom. The number of aromatic nitrogens is 3. The number of carboxylic acid groups (broad SMARTS) is 1. The highest BCUT2D eigenvalue weighted by Gasteiger charge is 2.38. The number of nitrogens with zero attached hydrogens (tertiary/aromatic N) is 6. The van der Waals surface area contributed by atoms with E-state index in [1.807, 2.05) is 61.5 Å². The molecule has 10 nitrogen and oxygen atoms in total. The number of carbonyl (C=O) groups excluding carboxylic acids is 1. The van der Waals surface area contributed by atoms with Crippen molar-refractivity contribution in [3.05, 3.63) is 83.6 Å². The van der Waals surface area contributed by atoms with E-state index in [4.69, 9.17) is 4.98 Å². The molecule has 0 spiro atoms. The van der Waals surface area contributed by atoms with E-state index in [0.717, 1.165) is 74.4 Å². The van der Waals surface area contributed by atoms with Gasteiger partial charge in [0.1, 0.15) is 0 Å². The first kappa shape index (κ1) is 29.6. The maximum absolute atomic E-state index is 13.1. The monoisotopic (exact) mass is 595 g/mol. The Balaban J connectivity index is 1.14. The largest absolute Gasteiger partial charge is 0.481 e. The fourth-order valence-corrected chi connectivity index (χ4v) is 6.71. The summed E-state index contributed by atoms with van der Waals surface area (Å²) in [7, 11) is 4.02. The summed E-state index contributed by atoms with van der Waals surface area (Å²) in [5, 5.41) is 17.7. The molecule has 2 N–H and O–H groups in total. The molecule has 6 rings (SSSR count). The van der Waals surface area contributed by atoms with Crippen LogP contribution in [0.1, 0.15) is 53.6 Å². The number of benzene rings is 2. The fourth-order valence-electron chi connectivity index (χ4n) is 6.71. The zero-order valence-corrected chi connectivity index (χ0v) is 25.7. The molecule has 1 amide bonds. The van der Waals surface area contributed by atoms with E-state index in [-0.39, 0.29) is 18.4 Å². The molecule has 0 atom stereocenters. The van der Waals surface area contributed by atoms with E-state index in [0.29, 0.717) is 11.5 Å². The number of amides is 1. The lowest BCUT2D eigenvalue weighted by atomic mass is 9.70. The SMILES string of the molecule is Cc1ccc(C2(CC(=O)O)CCN(c3cccn4nc(Nc5ccc(C(=O)N(C)C6CCN(C)CC6)cc5)nc34)CC2)cc1. The molecule has 2 aromatic heterocycles. The predicted octanol–water partition coefficient (Wildman–Crippen LogP) is 4.96. The number of hydrogen-bond donors (Lipinski definition) is 2. The van der Waals surface area contributed by atoms with E-state index in [2.05, 4.69) is 51.5 Å². The van der Waals surface area contributed by atoms with Gasteiger partial charge < -0.3 is 25.1 Å². The molecule has 2 fully saturated rings. The van der Waals surface area contributed by atoms with Gasteiger partial charge in [-0.15, -0.1) is 5.10 Å². The lowest BCUT2D eigenvalue weighted by Gasteiger charge is -2.42. The van der Waals surface area contributed by atoms with Gasteiger partial charge in [-0.1, -0.05) is 29.8 Å². The van der Waals surface area contributed by atoms with E-state index in [9.17, 15) is 14.7 Å². The number of aryl methyl sites for hydroxylation is 1. The lowest BCUT2D eigenvalue weighted by molar-refractivity contribution is -0.138. The molecule has 10 heteroatoms. The lowest BCUT2D eigenvalue weighted by Crippen LogP contribution is -2.44. The number of aliphatic carboxylic acids is 1. The first-order valence-corrected chi connectivity index (χ1v) is 15.4. The van der Waals surface area contributed by atoms with Crippen molar-refractivity contribution in [2.24, 2.45) is 0 Å².